The molecule has 2 nitrogen and oxygen atoms in total. The van der Waals surface area contributed by atoms with E-state index < -0.39 is 16.9 Å². The number of fused-ring (bicyclic) bond motifs is 1. The molecule has 0 amide bonds. The number of hydrogen-bond acceptors (Lipinski definition) is 2. The molecule has 2 rings (SSSR count). The highest BCUT2D eigenvalue weighted by Gasteiger charge is 2.62. The Morgan fingerprint density at radius 3 is 2.16 bits per heavy atom. The van der Waals surface area contributed by atoms with Gasteiger partial charge in [0.1, 0.15) is 18.0 Å². The highest BCUT2D eigenvalue weighted by atomic mass is 79.9. The number of ether oxygens (including phenoxy) is 2. The van der Waals surface area contributed by atoms with E-state index >= 15 is 0 Å². The Labute approximate surface area is 113 Å². The zero-order valence-corrected chi connectivity index (χ0v) is 10.9. The summed E-state index contributed by atoms with van der Waals surface area (Å²) in [5.74, 6) is -4.40. The zero-order chi connectivity index (χ0) is 14.3. The summed E-state index contributed by atoms with van der Waals surface area (Å²) in [5, 5.41) is 0. The minimum absolute atomic E-state index is 0.158. The monoisotopic (exact) mass is 346 g/mol. The minimum atomic E-state index is -5.63. The van der Waals surface area contributed by atoms with Gasteiger partial charge in [0.05, 0.1) is 0 Å². The summed E-state index contributed by atoms with van der Waals surface area (Å²) in [5.41, 5.74) is -0.230. The number of benzene rings is 1. The van der Waals surface area contributed by atoms with Gasteiger partial charge >= 0.3 is 12.1 Å². The van der Waals surface area contributed by atoms with Crippen molar-refractivity contribution in [3.05, 3.63) is 23.8 Å². The third-order valence-electron chi connectivity index (χ3n) is 2.56. The van der Waals surface area contributed by atoms with E-state index in [1.165, 1.54) is 6.07 Å². The molecule has 1 atom stereocenters. The summed E-state index contributed by atoms with van der Waals surface area (Å²) < 4.78 is 73.5. The third-order valence-corrected chi connectivity index (χ3v) is 3.66. The zero-order valence-electron chi connectivity index (χ0n) is 9.31. The van der Waals surface area contributed by atoms with Gasteiger partial charge < -0.3 is 9.47 Å². The molecule has 0 fully saturated rings. The molecule has 19 heavy (non-hydrogen) atoms. The van der Waals surface area contributed by atoms with Crippen molar-refractivity contribution in [3.63, 3.8) is 0 Å². The second-order valence-corrected chi connectivity index (χ2v) is 4.80. The molecule has 1 aliphatic heterocycles. The van der Waals surface area contributed by atoms with E-state index in [0.717, 1.165) is 12.1 Å². The highest BCUT2D eigenvalue weighted by Crippen LogP contribution is 2.49. The molecule has 0 aliphatic carbocycles. The van der Waals surface area contributed by atoms with Gasteiger partial charge in [0.25, 0.3) is 0 Å². The Hall–Kier alpha value is -1.05. The average molecular weight is 347 g/mol. The first kappa shape index (κ1) is 14.4. The summed E-state index contributed by atoms with van der Waals surface area (Å²) in [6, 6.07) is 3.57. The smallest absolute Gasteiger partial charge is 0.454 e. The quantitative estimate of drug-likeness (QED) is 0.593. The maximum atomic E-state index is 13.2. The van der Waals surface area contributed by atoms with Crippen LogP contribution in [0.15, 0.2) is 18.2 Å². The van der Waals surface area contributed by atoms with Crippen molar-refractivity contribution in [3.8, 4) is 11.5 Å². The van der Waals surface area contributed by atoms with Crippen LogP contribution in [0.4, 0.5) is 22.0 Å². The van der Waals surface area contributed by atoms with Crippen molar-refractivity contribution >= 4 is 15.9 Å². The van der Waals surface area contributed by atoms with Gasteiger partial charge in [-0.2, -0.15) is 22.0 Å². The van der Waals surface area contributed by atoms with E-state index in [0.29, 0.717) is 12.4 Å². The molecule has 0 saturated heterocycles. The molecule has 1 aromatic carbocycles. The van der Waals surface area contributed by atoms with E-state index in [2.05, 4.69) is 15.9 Å². The maximum Gasteiger partial charge on any atom is 0.454 e. The highest BCUT2D eigenvalue weighted by molar-refractivity contribution is 9.09. The molecule has 0 N–H and O–H groups in total. The normalized spacial score (nSPS) is 17.2. The number of hydrogen-bond donors (Lipinski definition) is 0. The number of halogens is 6. The Bertz CT molecular complexity index is 475. The molecular weight excluding hydrogens is 339 g/mol. The van der Waals surface area contributed by atoms with Gasteiger partial charge in [0.2, 0.25) is 0 Å². The van der Waals surface area contributed by atoms with E-state index in [1.807, 2.05) is 0 Å². The van der Waals surface area contributed by atoms with Crippen molar-refractivity contribution < 1.29 is 31.4 Å². The van der Waals surface area contributed by atoms with Crippen molar-refractivity contribution in [2.45, 2.75) is 16.9 Å². The molecular formula is C11H8BrF5O2. The molecule has 0 spiro atoms. The Kier molecular flexibility index (Phi) is 3.63. The summed E-state index contributed by atoms with van der Waals surface area (Å²) in [7, 11) is 0. The van der Waals surface area contributed by atoms with Crippen molar-refractivity contribution in [1.29, 1.82) is 0 Å². The standard InChI is InChI=1S/C11H8BrF5O2/c12-9(10(13,14)11(15,16)17)6-1-2-7-8(5-6)19-4-3-18-7/h1-2,5,9H,3-4H2. The second kappa shape index (κ2) is 4.81. The van der Waals surface area contributed by atoms with Crippen LogP contribution in [-0.4, -0.2) is 25.3 Å². The maximum absolute atomic E-state index is 13.2. The lowest BCUT2D eigenvalue weighted by Gasteiger charge is -2.26. The van der Waals surface area contributed by atoms with Crippen LogP contribution in [0.3, 0.4) is 0 Å². The number of alkyl halides is 6. The van der Waals surface area contributed by atoms with E-state index in [-0.39, 0.29) is 17.9 Å². The Morgan fingerprint density at radius 2 is 1.58 bits per heavy atom. The largest absolute Gasteiger partial charge is 0.486 e. The fraction of sp³-hybridized carbons (Fsp3) is 0.455. The summed E-state index contributed by atoms with van der Waals surface area (Å²) >= 11 is 2.40. The summed E-state index contributed by atoms with van der Waals surface area (Å²) in [6.07, 6.45) is -5.63. The van der Waals surface area contributed by atoms with Gasteiger partial charge in [-0.25, -0.2) is 0 Å². The van der Waals surface area contributed by atoms with Crippen LogP contribution in [0.25, 0.3) is 0 Å². The van der Waals surface area contributed by atoms with Crippen molar-refractivity contribution in [1.82, 2.24) is 0 Å². The molecule has 106 valence electrons. The molecule has 0 radical (unpaired) electrons. The second-order valence-electron chi connectivity index (χ2n) is 3.89. The SMILES string of the molecule is FC(F)(F)C(F)(F)C(Br)c1ccc2c(c1)OCCO2. The predicted octanol–water partition coefficient (Wildman–Crippen LogP) is 4.09. The molecule has 8 heteroatoms. The van der Waals surface area contributed by atoms with Gasteiger partial charge in [-0.15, -0.1) is 0 Å². The molecule has 0 aromatic heterocycles. The molecule has 1 heterocycles. The van der Waals surface area contributed by atoms with Crippen LogP contribution in [0.5, 0.6) is 11.5 Å². The van der Waals surface area contributed by atoms with Crippen LogP contribution < -0.4 is 9.47 Å². The first-order valence-electron chi connectivity index (χ1n) is 5.21. The fourth-order valence-electron chi connectivity index (χ4n) is 1.57. The average Bonchev–Trinajstić information content (AvgIpc) is 2.36. The molecule has 1 aromatic rings. The van der Waals surface area contributed by atoms with Crippen LogP contribution in [-0.2, 0) is 0 Å². The van der Waals surface area contributed by atoms with Crippen LogP contribution in [0.2, 0.25) is 0 Å². The van der Waals surface area contributed by atoms with Crippen LogP contribution in [0, 0.1) is 0 Å². The summed E-state index contributed by atoms with van der Waals surface area (Å²) in [6.45, 7) is 0.530. The van der Waals surface area contributed by atoms with Crippen molar-refractivity contribution in [2.24, 2.45) is 0 Å². The van der Waals surface area contributed by atoms with Gasteiger partial charge in [-0.3, -0.25) is 0 Å². The first-order chi connectivity index (χ1) is 8.73. The molecule has 0 bridgehead atoms. The molecule has 1 unspecified atom stereocenters. The topological polar surface area (TPSA) is 18.5 Å². The molecule has 0 saturated carbocycles. The summed E-state index contributed by atoms with van der Waals surface area (Å²) in [4.78, 5) is -2.18. The first-order valence-corrected chi connectivity index (χ1v) is 6.13. The van der Waals surface area contributed by atoms with Gasteiger partial charge in [-0.05, 0) is 17.7 Å². The molecule has 1 aliphatic rings. The van der Waals surface area contributed by atoms with Crippen LogP contribution in [0.1, 0.15) is 10.4 Å². The van der Waals surface area contributed by atoms with E-state index in [4.69, 9.17) is 9.47 Å². The number of rotatable bonds is 2. The minimum Gasteiger partial charge on any atom is -0.486 e. The van der Waals surface area contributed by atoms with Gasteiger partial charge in [0.15, 0.2) is 11.5 Å². The lowest BCUT2D eigenvalue weighted by molar-refractivity contribution is -0.281. The lowest BCUT2D eigenvalue weighted by atomic mass is 10.1. The third kappa shape index (κ3) is 2.63. The predicted molar refractivity (Wildman–Crippen MR) is 60.1 cm³/mol. The van der Waals surface area contributed by atoms with E-state index in [1.54, 1.807) is 0 Å². The van der Waals surface area contributed by atoms with Gasteiger partial charge in [-0.1, -0.05) is 22.0 Å². The van der Waals surface area contributed by atoms with E-state index in [9.17, 15) is 22.0 Å². The van der Waals surface area contributed by atoms with Crippen LogP contribution >= 0.6 is 15.9 Å². The van der Waals surface area contributed by atoms with Crippen molar-refractivity contribution in [2.75, 3.05) is 13.2 Å². The Morgan fingerprint density at radius 1 is 1.00 bits per heavy atom. The van der Waals surface area contributed by atoms with Gasteiger partial charge in [0, 0.05) is 0 Å². The fourth-order valence-corrected chi connectivity index (χ4v) is 2.11. The Balaban J connectivity index is 2.32. The lowest BCUT2D eigenvalue weighted by Crippen LogP contribution is -2.40.